The van der Waals surface area contributed by atoms with Crippen molar-refractivity contribution in [2.45, 2.75) is 37.5 Å². The molecule has 2 aromatic carbocycles. The molecule has 2 fully saturated rings. The van der Waals surface area contributed by atoms with Gasteiger partial charge in [0, 0.05) is 5.69 Å². The molecule has 1 saturated carbocycles. The fourth-order valence-electron chi connectivity index (χ4n) is 3.51. The number of alkyl halides is 1. The quantitative estimate of drug-likeness (QED) is 0.843. The minimum absolute atomic E-state index is 0.0736. The summed E-state index contributed by atoms with van der Waals surface area (Å²) in [5.74, 6) is 0. The molecule has 2 aromatic rings. The first kappa shape index (κ1) is 15.6. The van der Waals surface area contributed by atoms with Crippen LogP contribution >= 0.6 is 0 Å². The Kier molecular flexibility index (Phi) is 3.44. The Hall–Kier alpha value is -1.91. The summed E-state index contributed by atoms with van der Waals surface area (Å²) in [6, 6.07) is 11.4. The van der Waals surface area contributed by atoms with Crippen LogP contribution < -0.4 is 5.73 Å². The Morgan fingerprint density at radius 2 is 1.79 bits per heavy atom. The van der Waals surface area contributed by atoms with Crippen LogP contribution in [-0.4, -0.2) is 18.3 Å². The van der Waals surface area contributed by atoms with E-state index in [4.69, 9.17) is 10.5 Å². The maximum atomic E-state index is 15.0. The van der Waals surface area contributed by atoms with E-state index >= 15 is 0 Å². The highest BCUT2D eigenvalue weighted by molar-refractivity contribution is 5.72. The molecular formula is C20H22FNO2. The molecule has 126 valence electrons. The van der Waals surface area contributed by atoms with Crippen LogP contribution in [0.5, 0.6) is 0 Å². The zero-order valence-electron chi connectivity index (χ0n) is 13.8. The van der Waals surface area contributed by atoms with E-state index in [1.807, 2.05) is 43.3 Å². The molecule has 0 radical (unpaired) electrons. The van der Waals surface area contributed by atoms with Crippen LogP contribution in [0.3, 0.4) is 0 Å². The number of benzene rings is 2. The smallest absolute Gasteiger partial charge is 0.182 e. The van der Waals surface area contributed by atoms with Crippen LogP contribution in [-0.2, 0) is 16.0 Å². The number of aryl methyl sites for hydroxylation is 1. The van der Waals surface area contributed by atoms with Gasteiger partial charge in [-0.3, -0.25) is 0 Å². The zero-order valence-corrected chi connectivity index (χ0v) is 13.8. The number of rotatable bonds is 3. The van der Waals surface area contributed by atoms with Crippen molar-refractivity contribution in [3.05, 3.63) is 53.1 Å². The van der Waals surface area contributed by atoms with E-state index in [2.05, 4.69) is 0 Å². The van der Waals surface area contributed by atoms with Gasteiger partial charge in [0.25, 0.3) is 0 Å². The number of nitrogens with two attached hydrogens (primary N) is 1. The average Bonchev–Trinajstić information content (AvgIpc) is 2.52. The maximum Gasteiger partial charge on any atom is 0.182 e. The first-order valence-corrected chi connectivity index (χ1v) is 8.41. The number of nitrogen functional groups attached to an aromatic ring is 1. The summed E-state index contributed by atoms with van der Waals surface area (Å²) in [6.45, 7) is 2.16. The van der Waals surface area contributed by atoms with Crippen molar-refractivity contribution < 1.29 is 14.2 Å². The number of halogens is 1. The van der Waals surface area contributed by atoms with Crippen molar-refractivity contribution in [1.82, 2.24) is 0 Å². The predicted molar refractivity (Wildman–Crippen MR) is 92.4 cm³/mol. The second kappa shape index (κ2) is 5.30. The molecule has 3 N–H and O–H groups in total. The topological polar surface area (TPSA) is 55.5 Å². The van der Waals surface area contributed by atoms with Gasteiger partial charge >= 0.3 is 0 Å². The first-order chi connectivity index (χ1) is 11.4. The normalized spacial score (nSPS) is 21.0. The molecule has 0 spiro atoms. The van der Waals surface area contributed by atoms with E-state index in [9.17, 15) is 9.50 Å². The molecule has 0 aromatic heterocycles. The third-order valence-corrected chi connectivity index (χ3v) is 5.40. The van der Waals surface area contributed by atoms with Crippen molar-refractivity contribution in [3.8, 4) is 11.1 Å². The summed E-state index contributed by atoms with van der Waals surface area (Å²) in [6.07, 6.45) is 2.44. The number of hydrogen-bond acceptors (Lipinski definition) is 3. The number of aliphatic hydroxyl groups is 1. The van der Waals surface area contributed by atoms with E-state index in [0.29, 0.717) is 11.3 Å². The van der Waals surface area contributed by atoms with Crippen molar-refractivity contribution >= 4 is 5.69 Å². The van der Waals surface area contributed by atoms with Gasteiger partial charge in [0.2, 0.25) is 0 Å². The van der Waals surface area contributed by atoms with Crippen molar-refractivity contribution in [1.29, 1.82) is 0 Å². The third kappa shape index (κ3) is 2.41. The van der Waals surface area contributed by atoms with Crippen LogP contribution in [0.2, 0.25) is 0 Å². The van der Waals surface area contributed by atoms with Gasteiger partial charge in [-0.1, -0.05) is 6.07 Å². The molecule has 2 aliphatic rings. The van der Waals surface area contributed by atoms with Gasteiger partial charge in [-0.2, -0.15) is 0 Å². The predicted octanol–water partition coefficient (Wildman–Crippen LogP) is 3.81. The Labute approximate surface area is 141 Å². The summed E-state index contributed by atoms with van der Waals surface area (Å²) < 4.78 is 20.1. The number of anilines is 1. The van der Waals surface area contributed by atoms with Gasteiger partial charge < -0.3 is 15.6 Å². The summed E-state index contributed by atoms with van der Waals surface area (Å²) in [7, 11) is 0. The Morgan fingerprint density at radius 1 is 1.08 bits per heavy atom. The number of ether oxygens (including phenoxy) is 1. The number of hydrogen-bond donors (Lipinski definition) is 2. The largest absolute Gasteiger partial charge is 0.399 e. The summed E-state index contributed by atoms with van der Waals surface area (Å²) in [5.41, 5.74) is 8.66. The minimum atomic E-state index is -1.46. The Morgan fingerprint density at radius 3 is 2.38 bits per heavy atom. The lowest BCUT2D eigenvalue weighted by Crippen LogP contribution is -2.43. The molecule has 0 unspecified atom stereocenters. The van der Waals surface area contributed by atoms with Gasteiger partial charge in [-0.05, 0) is 84.3 Å². The first-order valence-electron chi connectivity index (χ1n) is 8.41. The van der Waals surface area contributed by atoms with Crippen LogP contribution in [0.15, 0.2) is 36.4 Å². The highest BCUT2D eigenvalue weighted by Crippen LogP contribution is 2.45. The van der Waals surface area contributed by atoms with Crippen LogP contribution in [0.4, 0.5) is 10.1 Å². The van der Waals surface area contributed by atoms with Gasteiger partial charge in [0.05, 0.1) is 18.8 Å². The summed E-state index contributed by atoms with van der Waals surface area (Å²) in [5, 5.41) is 10.8. The van der Waals surface area contributed by atoms with Gasteiger partial charge in [-0.25, -0.2) is 4.39 Å². The highest BCUT2D eigenvalue weighted by atomic mass is 19.1. The van der Waals surface area contributed by atoms with Crippen molar-refractivity contribution in [3.63, 3.8) is 0 Å². The van der Waals surface area contributed by atoms with Gasteiger partial charge in [0.1, 0.15) is 0 Å². The Balaban J connectivity index is 1.88. The van der Waals surface area contributed by atoms with Gasteiger partial charge in [0.15, 0.2) is 5.67 Å². The lowest BCUT2D eigenvalue weighted by molar-refractivity contribution is -0.135. The van der Waals surface area contributed by atoms with Crippen molar-refractivity contribution in [2.75, 3.05) is 18.9 Å². The second-order valence-electron chi connectivity index (χ2n) is 7.22. The van der Waals surface area contributed by atoms with Crippen molar-refractivity contribution in [2.24, 2.45) is 0 Å². The minimum Gasteiger partial charge on any atom is -0.399 e. The van der Waals surface area contributed by atoms with E-state index in [0.717, 1.165) is 41.5 Å². The molecule has 0 amide bonds. The zero-order chi connectivity index (χ0) is 16.9. The van der Waals surface area contributed by atoms with E-state index in [1.165, 1.54) is 0 Å². The molecule has 0 atom stereocenters. The van der Waals surface area contributed by atoms with E-state index in [-0.39, 0.29) is 13.2 Å². The molecule has 4 rings (SSSR count). The maximum absolute atomic E-state index is 15.0. The van der Waals surface area contributed by atoms with E-state index < -0.39 is 11.3 Å². The molecule has 1 saturated heterocycles. The van der Waals surface area contributed by atoms with Gasteiger partial charge in [-0.15, -0.1) is 0 Å². The molecule has 1 aliphatic carbocycles. The fourth-order valence-corrected chi connectivity index (χ4v) is 3.51. The lowest BCUT2D eigenvalue weighted by atomic mass is 9.73. The van der Waals surface area contributed by atoms with Crippen LogP contribution in [0.1, 0.15) is 36.0 Å². The summed E-state index contributed by atoms with van der Waals surface area (Å²) in [4.78, 5) is 0. The standard InChI is InChI=1S/C20H22FNO2/c1-13-3-4-17(22)10-18(13)14-7-15(19(21)11-24-12-19)9-16(8-14)20(23)5-2-6-20/h3-4,7-10,23H,2,5-6,11-12,22H2,1H3. The molecule has 4 heteroatoms. The van der Waals surface area contributed by atoms with E-state index in [1.54, 1.807) is 0 Å². The van der Waals surface area contributed by atoms with Crippen LogP contribution in [0.25, 0.3) is 11.1 Å². The molecule has 1 aliphatic heterocycles. The third-order valence-electron chi connectivity index (χ3n) is 5.40. The Bertz CT molecular complexity index is 756. The second-order valence-corrected chi connectivity index (χ2v) is 7.22. The molecule has 0 bridgehead atoms. The van der Waals surface area contributed by atoms with Crippen LogP contribution in [0, 0.1) is 6.92 Å². The fraction of sp³-hybridized carbons (Fsp3) is 0.400. The lowest BCUT2D eigenvalue weighted by Gasteiger charge is -2.39. The summed E-state index contributed by atoms with van der Waals surface area (Å²) >= 11 is 0. The average molecular weight is 327 g/mol. The molecule has 24 heavy (non-hydrogen) atoms. The highest BCUT2D eigenvalue weighted by Gasteiger charge is 2.43. The SMILES string of the molecule is Cc1ccc(N)cc1-c1cc(C2(O)CCC2)cc(C2(F)COC2)c1. The molecular weight excluding hydrogens is 305 g/mol. The molecule has 3 nitrogen and oxygen atoms in total. The molecule has 1 heterocycles. The monoisotopic (exact) mass is 327 g/mol.